The van der Waals surface area contributed by atoms with Crippen LogP contribution in [-0.2, 0) is 4.79 Å². The van der Waals surface area contributed by atoms with Crippen molar-refractivity contribution in [1.29, 1.82) is 0 Å². The minimum Gasteiger partial charge on any atom is -0.484 e. The lowest BCUT2D eigenvalue weighted by Crippen LogP contribution is -2.35. The van der Waals surface area contributed by atoms with Gasteiger partial charge < -0.3 is 15.4 Å². The van der Waals surface area contributed by atoms with Crippen LogP contribution in [-0.4, -0.2) is 30.5 Å². The maximum absolute atomic E-state index is 13.2. The zero-order valence-electron chi connectivity index (χ0n) is 10.9. The second kappa shape index (κ2) is 6.41. The third-order valence-electron chi connectivity index (χ3n) is 3.29. The highest BCUT2D eigenvalue weighted by molar-refractivity contribution is 5.77. The molecule has 5 heteroatoms. The second-order valence-electron chi connectivity index (χ2n) is 4.77. The summed E-state index contributed by atoms with van der Waals surface area (Å²) in [5.41, 5.74) is 5.45. The summed E-state index contributed by atoms with van der Waals surface area (Å²) in [5.74, 6) is -0.242. The molecular formula is C14H19FN2O2. The first-order chi connectivity index (χ1) is 9.16. The zero-order valence-corrected chi connectivity index (χ0v) is 10.9. The molecule has 0 bridgehead atoms. The van der Waals surface area contributed by atoms with E-state index in [-0.39, 0.29) is 18.2 Å². The maximum Gasteiger partial charge on any atom is 0.260 e. The number of benzene rings is 1. The smallest absolute Gasteiger partial charge is 0.260 e. The molecule has 1 aliphatic rings. The van der Waals surface area contributed by atoms with E-state index in [1.54, 1.807) is 6.07 Å². The van der Waals surface area contributed by atoms with Crippen LogP contribution < -0.4 is 10.5 Å². The molecule has 2 N–H and O–H groups in total. The highest BCUT2D eigenvalue weighted by atomic mass is 19.1. The number of carbonyl (C=O) groups is 1. The lowest BCUT2D eigenvalue weighted by Gasteiger charge is -2.20. The summed E-state index contributed by atoms with van der Waals surface area (Å²) in [6, 6.07) is 4.19. The van der Waals surface area contributed by atoms with Crippen molar-refractivity contribution in [2.75, 3.05) is 25.4 Å². The van der Waals surface area contributed by atoms with E-state index >= 15 is 0 Å². The topological polar surface area (TPSA) is 55.6 Å². The van der Waals surface area contributed by atoms with Crippen molar-refractivity contribution in [2.24, 2.45) is 0 Å². The first-order valence-corrected chi connectivity index (χ1v) is 6.62. The molecule has 1 aromatic carbocycles. The normalized spacial score (nSPS) is 15.9. The molecule has 1 aliphatic heterocycles. The quantitative estimate of drug-likeness (QED) is 0.853. The molecule has 0 aromatic heterocycles. The third-order valence-corrected chi connectivity index (χ3v) is 3.29. The van der Waals surface area contributed by atoms with Crippen LogP contribution in [0.2, 0.25) is 0 Å². The van der Waals surface area contributed by atoms with Crippen molar-refractivity contribution >= 4 is 11.6 Å². The first kappa shape index (κ1) is 13.6. The van der Waals surface area contributed by atoms with Gasteiger partial charge in [0.25, 0.3) is 5.91 Å². The standard InChI is InChI=1S/C14H19FN2O2/c15-12-9-11(5-6-13(12)16)19-10-14(18)17-7-3-1-2-4-8-17/h5-6,9H,1-4,7-8,10,16H2. The Balaban J connectivity index is 1.86. The van der Waals surface area contributed by atoms with Gasteiger partial charge in [0.15, 0.2) is 6.61 Å². The van der Waals surface area contributed by atoms with Crippen LogP contribution >= 0.6 is 0 Å². The molecule has 1 aromatic rings. The van der Waals surface area contributed by atoms with Gasteiger partial charge in [-0.05, 0) is 25.0 Å². The predicted molar refractivity (Wildman–Crippen MR) is 71.4 cm³/mol. The van der Waals surface area contributed by atoms with E-state index in [9.17, 15) is 9.18 Å². The highest BCUT2D eigenvalue weighted by Gasteiger charge is 2.16. The van der Waals surface area contributed by atoms with E-state index in [1.165, 1.54) is 25.0 Å². The number of ether oxygens (including phenoxy) is 1. The number of rotatable bonds is 3. The van der Waals surface area contributed by atoms with Gasteiger partial charge >= 0.3 is 0 Å². The summed E-state index contributed by atoms with van der Waals surface area (Å²) in [5, 5.41) is 0. The van der Waals surface area contributed by atoms with Gasteiger partial charge in [-0.3, -0.25) is 4.79 Å². The van der Waals surface area contributed by atoms with E-state index in [0.29, 0.717) is 5.75 Å². The number of anilines is 1. The molecule has 1 heterocycles. The number of amides is 1. The minimum absolute atomic E-state index is 0.0425. The van der Waals surface area contributed by atoms with Crippen LogP contribution in [0.5, 0.6) is 5.75 Å². The fraction of sp³-hybridized carbons (Fsp3) is 0.500. The van der Waals surface area contributed by atoms with Crippen LogP contribution in [0.15, 0.2) is 18.2 Å². The Morgan fingerprint density at radius 3 is 2.58 bits per heavy atom. The van der Waals surface area contributed by atoms with Gasteiger partial charge in [0.1, 0.15) is 11.6 Å². The van der Waals surface area contributed by atoms with Crippen molar-refractivity contribution in [3.8, 4) is 5.75 Å². The molecule has 0 spiro atoms. The van der Waals surface area contributed by atoms with Crippen molar-refractivity contribution in [1.82, 2.24) is 4.90 Å². The lowest BCUT2D eigenvalue weighted by atomic mass is 10.2. The molecule has 2 rings (SSSR count). The third kappa shape index (κ3) is 3.84. The first-order valence-electron chi connectivity index (χ1n) is 6.62. The van der Waals surface area contributed by atoms with E-state index in [0.717, 1.165) is 25.9 Å². The summed E-state index contributed by atoms with van der Waals surface area (Å²) in [6.45, 7) is 1.53. The molecule has 0 saturated carbocycles. The Hall–Kier alpha value is -1.78. The van der Waals surface area contributed by atoms with E-state index in [1.807, 2.05) is 4.90 Å². The number of nitrogens with two attached hydrogens (primary N) is 1. The molecular weight excluding hydrogens is 247 g/mol. The molecule has 0 radical (unpaired) electrons. The Morgan fingerprint density at radius 1 is 1.26 bits per heavy atom. The number of likely N-dealkylation sites (tertiary alicyclic amines) is 1. The van der Waals surface area contributed by atoms with Gasteiger partial charge in [0.05, 0.1) is 5.69 Å². The van der Waals surface area contributed by atoms with Gasteiger partial charge in [0.2, 0.25) is 0 Å². The predicted octanol–water partition coefficient (Wildman–Crippen LogP) is 2.19. The number of nitrogen functional groups attached to an aromatic ring is 1. The van der Waals surface area contributed by atoms with Crippen molar-refractivity contribution in [3.05, 3.63) is 24.0 Å². The minimum atomic E-state index is -0.528. The molecule has 19 heavy (non-hydrogen) atoms. The average Bonchev–Trinajstić information content (AvgIpc) is 2.69. The average molecular weight is 266 g/mol. The van der Waals surface area contributed by atoms with E-state index in [2.05, 4.69) is 0 Å². The van der Waals surface area contributed by atoms with Gasteiger partial charge in [-0.1, -0.05) is 12.8 Å². The van der Waals surface area contributed by atoms with Gasteiger partial charge in [-0.2, -0.15) is 0 Å². The van der Waals surface area contributed by atoms with E-state index in [4.69, 9.17) is 10.5 Å². The molecule has 104 valence electrons. The van der Waals surface area contributed by atoms with Crippen molar-refractivity contribution < 1.29 is 13.9 Å². The monoisotopic (exact) mass is 266 g/mol. The molecule has 0 atom stereocenters. The fourth-order valence-corrected chi connectivity index (χ4v) is 2.15. The maximum atomic E-state index is 13.2. The number of nitrogens with zero attached hydrogens (tertiary/aromatic N) is 1. The molecule has 4 nitrogen and oxygen atoms in total. The van der Waals surface area contributed by atoms with Gasteiger partial charge in [-0.25, -0.2) is 4.39 Å². The largest absolute Gasteiger partial charge is 0.484 e. The summed E-state index contributed by atoms with van der Waals surface area (Å²) in [7, 11) is 0. The zero-order chi connectivity index (χ0) is 13.7. The van der Waals surface area contributed by atoms with Crippen LogP contribution in [0.4, 0.5) is 10.1 Å². The Labute approximate surface area is 112 Å². The lowest BCUT2D eigenvalue weighted by molar-refractivity contribution is -0.133. The molecule has 1 amide bonds. The Morgan fingerprint density at radius 2 is 1.95 bits per heavy atom. The molecule has 0 aliphatic carbocycles. The summed E-state index contributed by atoms with van der Waals surface area (Å²) < 4.78 is 18.5. The van der Waals surface area contributed by atoms with Crippen LogP contribution in [0.25, 0.3) is 0 Å². The SMILES string of the molecule is Nc1ccc(OCC(=O)N2CCCCCC2)cc1F. The summed E-state index contributed by atoms with van der Waals surface area (Å²) >= 11 is 0. The summed E-state index contributed by atoms with van der Waals surface area (Å²) in [4.78, 5) is 13.8. The molecule has 1 saturated heterocycles. The second-order valence-corrected chi connectivity index (χ2v) is 4.77. The molecule has 0 unspecified atom stereocenters. The number of hydrogen-bond acceptors (Lipinski definition) is 3. The van der Waals surface area contributed by atoms with Crippen molar-refractivity contribution in [2.45, 2.75) is 25.7 Å². The molecule has 1 fully saturated rings. The van der Waals surface area contributed by atoms with Crippen LogP contribution in [0, 0.1) is 5.82 Å². The Kier molecular flexibility index (Phi) is 4.60. The fourth-order valence-electron chi connectivity index (χ4n) is 2.15. The van der Waals surface area contributed by atoms with Crippen LogP contribution in [0.3, 0.4) is 0 Å². The number of halogens is 1. The number of carbonyl (C=O) groups excluding carboxylic acids is 1. The van der Waals surface area contributed by atoms with Crippen molar-refractivity contribution in [3.63, 3.8) is 0 Å². The van der Waals surface area contributed by atoms with Crippen LogP contribution in [0.1, 0.15) is 25.7 Å². The Bertz CT molecular complexity index is 443. The van der Waals surface area contributed by atoms with E-state index < -0.39 is 5.82 Å². The van der Waals surface area contributed by atoms with Gasteiger partial charge in [-0.15, -0.1) is 0 Å². The highest BCUT2D eigenvalue weighted by Crippen LogP contribution is 2.18. The van der Waals surface area contributed by atoms with Gasteiger partial charge in [0, 0.05) is 19.2 Å². The summed E-state index contributed by atoms with van der Waals surface area (Å²) in [6.07, 6.45) is 4.44. The number of hydrogen-bond donors (Lipinski definition) is 1.